The third kappa shape index (κ3) is 7.78. The van der Waals surface area contributed by atoms with Crippen molar-refractivity contribution >= 4 is 16.7 Å². The zero-order valence-electron chi connectivity index (χ0n) is 23.7. The highest BCUT2D eigenvalue weighted by Crippen LogP contribution is 2.37. The Hall–Kier alpha value is -3.67. The Morgan fingerprint density at radius 3 is 2.36 bits per heavy atom. The molecule has 1 N–H and O–H groups in total. The molecule has 1 aliphatic rings. The van der Waals surface area contributed by atoms with E-state index in [-0.39, 0.29) is 27.7 Å². The van der Waals surface area contributed by atoms with Crippen LogP contribution in [0.3, 0.4) is 0 Å². The van der Waals surface area contributed by atoms with Crippen molar-refractivity contribution in [1.29, 1.82) is 0 Å². The largest absolute Gasteiger partial charge is 0.484 e. The van der Waals surface area contributed by atoms with Crippen LogP contribution < -0.4 is 5.32 Å². The topological polar surface area (TPSA) is 57.2 Å². The number of hydrogen-bond donors (Lipinski definition) is 1. The Balaban J connectivity index is 1.81. The van der Waals surface area contributed by atoms with Gasteiger partial charge >= 0.3 is 12.5 Å². The van der Waals surface area contributed by atoms with Crippen LogP contribution >= 0.6 is 0 Å². The molecule has 0 bridgehead atoms. The van der Waals surface area contributed by atoms with Crippen molar-refractivity contribution in [2.24, 2.45) is 0 Å². The van der Waals surface area contributed by atoms with Crippen LogP contribution in [0.15, 0.2) is 60.6 Å². The van der Waals surface area contributed by atoms with E-state index < -0.39 is 18.0 Å². The Labute approximate surface area is 241 Å². The summed E-state index contributed by atoms with van der Waals surface area (Å²) < 4.78 is 81.1. The molecule has 3 aromatic rings. The molecule has 0 aliphatic heterocycles. The number of nitrogens with one attached hydrogen (secondary N) is 1. The van der Waals surface area contributed by atoms with E-state index >= 15 is 0 Å². The van der Waals surface area contributed by atoms with E-state index in [9.17, 15) is 26.3 Å². The molecule has 226 valence electrons. The fourth-order valence-corrected chi connectivity index (χ4v) is 5.12. The molecule has 0 unspecified atom stereocenters. The maximum Gasteiger partial charge on any atom is 0.484 e. The van der Waals surface area contributed by atoms with Gasteiger partial charge in [0.05, 0.1) is 29.0 Å². The maximum absolute atomic E-state index is 13.8. The molecule has 0 radical (unpaired) electrons. The predicted octanol–water partition coefficient (Wildman–Crippen LogP) is 8.15. The molecular formula is C30H34F6N6. The molecule has 2 aromatic heterocycles. The van der Waals surface area contributed by atoms with Crippen molar-refractivity contribution in [2.45, 2.75) is 70.5 Å². The highest BCUT2D eigenvalue weighted by atomic mass is 19.4. The smallest absolute Gasteiger partial charge is 0.338 e. The van der Waals surface area contributed by atoms with E-state index in [0.29, 0.717) is 29.3 Å². The van der Waals surface area contributed by atoms with Gasteiger partial charge in [-0.15, -0.1) is 0 Å². The molecule has 1 saturated carbocycles. The number of pyridine rings is 1. The fraction of sp³-hybridized carbons (Fsp3) is 0.433. The lowest BCUT2D eigenvalue weighted by atomic mass is 10.0. The number of benzene rings is 1. The van der Waals surface area contributed by atoms with Crippen molar-refractivity contribution in [1.82, 2.24) is 24.8 Å². The number of halogens is 6. The Morgan fingerprint density at radius 2 is 1.71 bits per heavy atom. The second kappa shape index (κ2) is 13.1. The third-order valence-corrected chi connectivity index (χ3v) is 7.31. The second-order valence-electron chi connectivity index (χ2n) is 10.5. The van der Waals surface area contributed by atoms with Crippen molar-refractivity contribution in [3.05, 3.63) is 72.0 Å². The van der Waals surface area contributed by atoms with Crippen LogP contribution in [0.5, 0.6) is 0 Å². The monoisotopic (exact) mass is 592 g/mol. The minimum atomic E-state index is -4.61. The van der Waals surface area contributed by atoms with E-state index in [2.05, 4.69) is 20.2 Å². The molecule has 1 aliphatic carbocycles. The lowest BCUT2D eigenvalue weighted by Gasteiger charge is -2.26. The van der Waals surface area contributed by atoms with Crippen molar-refractivity contribution < 1.29 is 26.3 Å². The summed E-state index contributed by atoms with van der Waals surface area (Å²) in [6.07, 6.45) is 2.76. The van der Waals surface area contributed by atoms with E-state index in [1.807, 2.05) is 7.05 Å². The average Bonchev–Trinajstić information content (AvgIpc) is 3.22. The summed E-state index contributed by atoms with van der Waals surface area (Å²) in [5.41, 5.74) is -0.438. The van der Waals surface area contributed by atoms with Crippen LogP contribution in [0.25, 0.3) is 22.2 Å². The normalized spacial score (nSPS) is 15.9. The summed E-state index contributed by atoms with van der Waals surface area (Å²) in [4.78, 5) is 15.7. The fourth-order valence-electron chi connectivity index (χ4n) is 5.12. The van der Waals surface area contributed by atoms with Gasteiger partial charge in [-0.25, -0.2) is 9.97 Å². The molecule has 0 amide bonds. The quantitative estimate of drug-likeness (QED) is 0.123. The summed E-state index contributed by atoms with van der Waals surface area (Å²) in [6, 6.07) is 7.07. The van der Waals surface area contributed by atoms with Gasteiger partial charge in [-0.05, 0) is 57.2 Å². The molecule has 1 aromatic carbocycles. The standard InChI is InChI=1S/C30H34F6N6/c1-4-10-21(18-42(3)30(34,35)36)38-28-23-15-14-20(27-24(29(31,32)33)13-9-16-37-27)17-25(23)39-26(40-28)19-41(2)22-11-7-5-6-8-12-22/h4,9-10,13-18,22H,5-8,11-12,19H2,1-3H3,(H,38,39,40)/b10-4-,21-18+. The Morgan fingerprint density at radius 1 is 1.00 bits per heavy atom. The average molecular weight is 593 g/mol. The molecule has 0 saturated heterocycles. The summed E-state index contributed by atoms with van der Waals surface area (Å²) in [5, 5.41) is 3.43. The molecule has 12 heteroatoms. The number of hydrogen-bond acceptors (Lipinski definition) is 6. The number of allylic oxidation sites excluding steroid dienone is 2. The van der Waals surface area contributed by atoms with E-state index in [1.54, 1.807) is 19.1 Å². The highest BCUT2D eigenvalue weighted by molar-refractivity contribution is 5.92. The Kier molecular flexibility index (Phi) is 9.75. The third-order valence-electron chi connectivity index (χ3n) is 7.31. The lowest BCUT2D eigenvalue weighted by Crippen LogP contribution is -2.31. The van der Waals surface area contributed by atoms with Gasteiger partial charge in [0.2, 0.25) is 0 Å². The molecule has 0 spiro atoms. The van der Waals surface area contributed by atoms with E-state index in [1.165, 1.54) is 43.3 Å². The van der Waals surface area contributed by atoms with Gasteiger partial charge in [0.15, 0.2) is 0 Å². The molecule has 42 heavy (non-hydrogen) atoms. The van der Waals surface area contributed by atoms with Crippen LogP contribution in [0.2, 0.25) is 0 Å². The lowest BCUT2D eigenvalue weighted by molar-refractivity contribution is -0.219. The number of fused-ring (bicyclic) bond motifs is 1. The highest BCUT2D eigenvalue weighted by Gasteiger charge is 2.34. The number of aromatic nitrogens is 3. The van der Waals surface area contributed by atoms with Gasteiger partial charge < -0.3 is 5.32 Å². The van der Waals surface area contributed by atoms with Gasteiger partial charge in [-0.2, -0.15) is 26.3 Å². The maximum atomic E-state index is 13.8. The summed E-state index contributed by atoms with van der Waals surface area (Å²) >= 11 is 0. The minimum Gasteiger partial charge on any atom is -0.338 e. The van der Waals surface area contributed by atoms with Crippen LogP contribution in [0.4, 0.5) is 32.2 Å². The van der Waals surface area contributed by atoms with E-state index in [4.69, 9.17) is 4.98 Å². The molecule has 0 atom stereocenters. The van der Waals surface area contributed by atoms with Gasteiger partial charge in [0, 0.05) is 36.4 Å². The Bertz CT molecular complexity index is 1420. The van der Waals surface area contributed by atoms with Gasteiger partial charge in [0.25, 0.3) is 0 Å². The first-order chi connectivity index (χ1) is 19.9. The molecule has 1 fully saturated rings. The predicted molar refractivity (Wildman–Crippen MR) is 151 cm³/mol. The zero-order chi connectivity index (χ0) is 30.5. The van der Waals surface area contributed by atoms with Crippen molar-refractivity contribution in [3.63, 3.8) is 0 Å². The number of alkyl halides is 6. The number of nitrogens with zero attached hydrogens (tertiary/aromatic N) is 5. The molecule has 6 nitrogen and oxygen atoms in total. The van der Waals surface area contributed by atoms with Crippen molar-refractivity contribution in [3.8, 4) is 11.3 Å². The van der Waals surface area contributed by atoms with Crippen LogP contribution in [0.1, 0.15) is 56.8 Å². The van der Waals surface area contributed by atoms with Crippen molar-refractivity contribution in [2.75, 3.05) is 19.4 Å². The molecule has 4 rings (SSSR count). The zero-order valence-corrected chi connectivity index (χ0v) is 23.7. The summed E-state index contributed by atoms with van der Waals surface area (Å²) in [7, 11) is 2.88. The first-order valence-corrected chi connectivity index (χ1v) is 13.8. The van der Waals surface area contributed by atoms with E-state index in [0.717, 1.165) is 45.0 Å². The molecule has 2 heterocycles. The summed E-state index contributed by atoms with van der Waals surface area (Å²) in [5.74, 6) is 0.641. The van der Waals surface area contributed by atoms with Crippen LogP contribution in [0, 0.1) is 0 Å². The SMILES string of the molecule is C/C=C\C(=C/N(C)C(F)(F)F)Nc1nc(CN(C)C2CCCCCC2)nc2cc(-c3ncccc3C(F)(F)F)ccc12. The minimum absolute atomic E-state index is 0.119. The first-order valence-electron chi connectivity index (χ1n) is 13.8. The number of anilines is 1. The summed E-state index contributed by atoms with van der Waals surface area (Å²) in [6.45, 7) is 2.04. The van der Waals surface area contributed by atoms with Gasteiger partial charge in [-0.1, -0.05) is 37.8 Å². The first kappa shape index (κ1) is 31.3. The van der Waals surface area contributed by atoms with Crippen LogP contribution in [-0.4, -0.2) is 51.2 Å². The van der Waals surface area contributed by atoms with Gasteiger partial charge in [-0.3, -0.25) is 14.8 Å². The second-order valence-corrected chi connectivity index (χ2v) is 10.5. The van der Waals surface area contributed by atoms with Crippen LogP contribution in [-0.2, 0) is 12.7 Å². The molecular weight excluding hydrogens is 558 g/mol. The van der Waals surface area contributed by atoms with Gasteiger partial charge in [0.1, 0.15) is 11.6 Å². The number of rotatable bonds is 8.